The normalized spacial score (nSPS) is 11.2. The van der Waals surface area contributed by atoms with Crippen LogP contribution in [0.25, 0.3) is 0 Å². The van der Waals surface area contributed by atoms with Crippen molar-refractivity contribution >= 4 is 27.5 Å². The molecule has 0 unspecified atom stereocenters. The van der Waals surface area contributed by atoms with E-state index in [9.17, 15) is 18.0 Å². The lowest BCUT2D eigenvalue weighted by atomic mass is 10.2. The summed E-state index contributed by atoms with van der Waals surface area (Å²) in [4.78, 5) is 26.1. The van der Waals surface area contributed by atoms with Crippen LogP contribution in [0.2, 0.25) is 0 Å². The second-order valence-corrected chi connectivity index (χ2v) is 8.46. The molecule has 0 aliphatic carbocycles. The second kappa shape index (κ2) is 9.53. The molecule has 29 heavy (non-hydrogen) atoms. The van der Waals surface area contributed by atoms with E-state index in [4.69, 9.17) is 4.74 Å². The topological polar surface area (TPSA) is 105 Å². The zero-order valence-corrected chi connectivity index (χ0v) is 17.6. The molecule has 2 rings (SSSR count). The third-order valence-corrected chi connectivity index (χ3v) is 5.52. The lowest BCUT2D eigenvalue weighted by Gasteiger charge is -2.18. The zero-order valence-electron chi connectivity index (χ0n) is 16.8. The molecule has 0 radical (unpaired) electrons. The molecule has 0 spiro atoms. The van der Waals surface area contributed by atoms with Crippen molar-refractivity contribution in [1.82, 2.24) is 9.62 Å². The highest BCUT2D eigenvalue weighted by atomic mass is 32.2. The van der Waals surface area contributed by atoms with Crippen LogP contribution in [0.3, 0.4) is 0 Å². The first kappa shape index (κ1) is 22.4. The van der Waals surface area contributed by atoms with Gasteiger partial charge in [-0.15, -0.1) is 0 Å². The molecule has 9 heteroatoms. The average molecular weight is 420 g/mol. The molecule has 2 aromatic rings. The fraction of sp³-hybridized carbons (Fsp3) is 0.300. The molecule has 0 aromatic heterocycles. The van der Waals surface area contributed by atoms with Gasteiger partial charge in [0.25, 0.3) is 5.91 Å². The molecular formula is C20H25N3O5S. The van der Waals surface area contributed by atoms with Crippen molar-refractivity contribution in [2.45, 2.75) is 24.8 Å². The molecule has 156 valence electrons. The number of hydrogen-bond donors (Lipinski definition) is 2. The Balaban J connectivity index is 2.08. The Labute approximate surface area is 170 Å². The summed E-state index contributed by atoms with van der Waals surface area (Å²) in [5.74, 6) is -0.257. The molecule has 0 heterocycles. The summed E-state index contributed by atoms with van der Waals surface area (Å²) in [6, 6.07) is 12.3. The van der Waals surface area contributed by atoms with Crippen molar-refractivity contribution < 1.29 is 22.7 Å². The van der Waals surface area contributed by atoms with Crippen LogP contribution >= 0.6 is 0 Å². The molecule has 2 N–H and O–H groups in total. The molecule has 0 aliphatic rings. The highest BCUT2D eigenvalue weighted by molar-refractivity contribution is 7.89. The van der Waals surface area contributed by atoms with Gasteiger partial charge in [-0.05, 0) is 44.2 Å². The maximum atomic E-state index is 12.6. The van der Waals surface area contributed by atoms with Crippen LogP contribution in [0.4, 0.5) is 5.69 Å². The average Bonchev–Trinajstić information content (AvgIpc) is 2.66. The Morgan fingerprint density at radius 2 is 1.79 bits per heavy atom. The van der Waals surface area contributed by atoms with Gasteiger partial charge in [-0.1, -0.05) is 12.1 Å². The maximum Gasteiger partial charge on any atom is 0.254 e. The molecule has 2 aromatic carbocycles. The minimum Gasteiger partial charge on any atom is -0.497 e. The first-order valence-corrected chi connectivity index (χ1v) is 10.4. The van der Waals surface area contributed by atoms with Gasteiger partial charge in [0.15, 0.2) is 0 Å². The Bertz CT molecular complexity index is 989. The Morgan fingerprint density at radius 1 is 1.10 bits per heavy atom. The summed E-state index contributed by atoms with van der Waals surface area (Å²) in [7, 11) is -0.724. The Morgan fingerprint density at radius 3 is 2.45 bits per heavy atom. The van der Waals surface area contributed by atoms with Crippen molar-refractivity contribution in [3.63, 3.8) is 0 Å². The SMILES string of the molecule is COc1cccc(NC(=O)CN(C)C(=O)c2cccc(S(=O)(=O)NC(C)C)c2)c1. The van der Waals surface area contributed by atoms with Gasteiger partial charge in [0.05, 0.1) is 18.6 Å². The van der Waals surface area contributed by atoms with E-state index in [0.717, 1.165) is 0 Å². The third-order valence-electron chi connectivity index (χ3n) is 3.86. The van der Waals surface area contributed by atoms with Crippen LogP contribution < -0.4 is 14.8 Å². The van der Waals surface area contributed by atoms with Gasteiger partial charge < -0.3 is 15.0 Å². The highest BCUT2D eigenvalue weighted by Crippen LogP contribution is 2.17. The molecule has 0 fully saturated rings. The van der Waals surface area contributed by atoms with E-state index in [-0.39, 0.29) is 29.0 Å². The summed E-state index contributed by atoms with van der Waals surface area (Å²) in [5, 5.41) is 2.69. The van der Waals surface area contributed by atoms with Gasteiger partial charge in [-0.2, -0.15) is 0 Å². The Kier molecular flexibility index (Phi) is 7.35. The van der Waals surface area contributed by atoms with Crippen molar-refractivity contribution in [2.75, 3.05) is 26.0 Å². The fourth-order valence-electron chi connectivity index (χ4n) is 2.58. The summed E-state index contributed by atoms with van der Waals surface area (Å²) < 4.78 is 32.2. The number of carbonyl (C=O) groups excluding carboxylic acids is 2. The summed E-state index contributed by atoms with van der Waals surface area (Å²) in [5.41, 5.74) is 0.719. The number of anilines is 1. The second-order valence-electron chi connectivity index (χ2n) is 6.75. The van der Waals surface area contributed by atoms with Crippen molar-refractivity contribution in [1.29, 1.82) is 0 Å². The number of amides is 2. The molecule has 0 saturated carbocycles. The number of nitrogens with zero attached hydrogens (tertiary/aromatic N) is 1. The molecule has 0 bridgehead atoms. The van der Waals surface area contributed by atoms with Crippen LogP contribution in [-0.2, 0) is 14.8 Å². The number of ether oxygens (including phenoxy) is 1. The number of carbonyl (C=O) groups is 2. The largest absolute Gasteiger partial charge is 0.497 e. The molecule has 2 amide bonds. The van der Waals surface area contributed by atoms with Crippen LogP contribution in [0.15, 0.2) is 53.4 Å². The smallest absolute Gasteiger partial charge is 0.254 e. The monoisotopic (exact) mass is 419 g/mol. The van der Waals surface area contributed by atoms with Gasteiger partial charge >= 0.3 is 0 Å². The summed E-state index contributed by atoms with van der Waals surface area (Å²) in [6.07, 6.45) is 0. The number of hydrogen-bond acceptors (Lipinski definition) is 5. The van der Waals surface area contributed by atoms with E-state index in [1.807, 2.05) is 0 Å². The van der Waals surface area contributed by atoms with E-state index >= 15 is 0 Å². The van der Waals surface area contributed by atoms with Crippen LogP contribution in [0.5, 0.6) is 5.75 Å². The summed E-state index contributed by atoms with van der Waals surface area (Å²) in [6.45, 7) is 3.22. The molecule has 0 aliphatic heterocycles. The molecule has 8 nitrogen and oxygen atoms in total. The standard InChI is InChI=1S/C20H25N3O5S/c1-14(2)22-29(26,27)18-10-5-7-15(11-18)20(25)23(3)13-19(24)21-16-8-6-9-17(12-16)28-4/h5-12,14,22H,13H2,1-4H3,(H,21,24). The van der Waals surface area contributed by atoms with Gasteiger partial charge in [-0.25, -0.2) is 13.1 Å². The highest BCUT2D eigenvalue weighted by Gasteiger charge is 2.20. The van der Waals surface area contributed by atoms with Crippen molar-refractivity contribution in [3.8, 4) is 5.75 Å². The van der Waals surface area contributed by atoms with E-state index in [2.05, 4.69) is 10.0 Å². The fourth-order valence-corrected chi connectivity index (χ4v) is 3.88. The van der Waals surface area contributed by atoms with Crippen LogP contribution in [-0.4, -0.2) is 51.9 Å². The first-order valence-electron chi connectivity index (χ1n) is 8.94. The lowest BCUT2D eigenvalue weighted by Crippen LogP contribution is -2.35. The number of nitrogens with one attached hydrogen (secondary N) is 2. The number of benzene rings is 2. The number of methoxy groups -OCH3 is 1. The number of sulfonamides is 1. The van der Waals surface area contributed by atoms with Gasteiger partial charge in [0, 0.05) is 30.4 Å². The number of rotatable bonds is 8. The molecule has 0 saturated heterocycles. The number of likely N-dealkylation sites (N-methyl/N-ethyl adjacent to an activating group) is 1. The zero-order chi connectivity index (χ0) is 21.6. The van der Waals surface area contributed by atoms with Crippen LogP contribution in [0, 0.1) is 0 Å². The maximum absolute atomic E-state index is 12.6. The minimum absolute atomic E-state index is 0.00807. The lowest BCUT2D eigenvalue weighted by molar-refractivity contribution is -0.116. The van der Waals surface area contributed by atoms with Gasteiger partial charge in [-0.3, -0.25) is 9.59 Å². The molecule has 0 atom stereocenters. The predicted molar refractivity (Wildman–Crippen MR) is 110 cm³/mol. The quantitative estimate of drug-likeness (QED) is 0.682. The van der Waals surface area contributed by atoms with Gasteiger partial charge in [0.1, 0.15) is 5.75 Å². The van der Waals surface area contributed by atoms with Crippen LogP contribution in [0.1, 0.15) is 24.2 Å². The third kappa shape index (κ3) is 6.30. The predicted octanol–water partition coefficient (Wildman–Crippen LogP) is 2.09. The first-order chi connectivity index (χ1) is 13.6. The van der Waals surface area contributed by atoms with Crippen molar-refractivity contribution in [2.24, 2.45) is 0 Å². The van der Waals surface area contributed by atoms with Crippen molar-refractivity contribution in [3.05, 3.63) is 54.1 Å². The van der Waals surface area contributed by atoms with E-state index in [0.29, 0.717) is 11.4 Å². The van der Waals surface area contributed by atoms with E-state index < -0.39 is 15.9 Å². The molecular weight excluding hydrogens is 394 g/mol. The minimum atomic E-state index is -3.72. The van der Waals surface area contributed by atoms with E-state index in [1.54, 1.807) is 38.1 Å². The van der Waals surface area contributed by atoms with E-state index in [1.165, 1.54) is 43.3 Å². The van der Waals surface area contributed by atoms with Gasteiger partial charge in [0.2, 0.25) is 15.9 Å². The Hall–Kier alpha value is -2.91. The summed E-state index contributed by atoms with van der Waals surface area (Å²) >= 11 is 0.